The predicted octanol–water partition coefficient (Wildman–Crippen LogP) is 2.75. The van der Waals surface area contributed by atoms with Gasteiger partial charge in [-0.1, -0.05) is 29.8 Å². The van der Waals surface area contributed by atoms with Crippen molar-refractivity contribution in [2.24, 2.45) is 0 Å². The van der Waals surface area contributed by atoms with Gasteiger partial charge in [-0.15, -0.1) is 0 Å². The summed E-state index contributed by atoms with van der Waals surface area (Å²) in [5.74, 6) is 0.388. The Morgan fingerprint density at radius 3 is 2.92 bits per heavy atom. The van der Waals surface area contributed by atoms with Crippen molar-refractivity contribution in [1.82, 2.24) is 5.32 Å². The standard InChI is InChI=1S/C17H15ClN2O5/c18-12-5-6-14(20(22)23)16(8-12)24-10-17(21)19-9-13-7-11-3-1-2-4-15(11)25-13/h1-6,8,13H,7,9-10H2,(H,19,21). The number of benzene rings is 2. The average Bonchev–Trinajstić information content (AvgIpc) is 3.01. The fourth-order valence-corrected chi connectivity index (χ4v) is 2.71. The molecule has 1 N–H and O–H groups in total. The molecule has 0 saturated carbocycles. The third-order valence-electron chi connectivity index (χ3n) is 3.72. The number of nitro groups is 1. The van der Waals surface area contributed by atoms with E-state index in [1.54, 1.807) is 0 Å². The number of nitro benzene ring substituents is 1. The number of hydrogen-bond donors (Lipinski definition) is 1. The summed E-state index contributed by atoms with van der Waals surface area (Å²) < 4.78 is 11.0. The van der Waals surface area contributed by atoms with Crippen LogP contribution < -0.4 is 14.8 Å². The number of nitrogens with zero attached hydrogens (tertiary/aromatic N) is 1. The smallest absolute Gasteiger partial charge is 0.311 e. The van der Waals surface area contributed by atoms with E-state index in [0.717, 1.165) is 17.7 Å². The van der Waals surface area contributed by atoms with Crippen molar-refractivity contribution in [3.63, 3.8) is 0 Å². The molecule has 1 aliphatic rings. The molecule has 0 aromatic heterocycles. The summed E-state index contributed by atoms with van der Waals surface area (Å²) in [5, 5.41) is 13.9. The van der Waals surface area contributed by atoms with Gasteiger partial charge in [0, 0.05) is 23.6 Å². The SMILES string of the molecule is O=C(COc1cc(Cl)ccc1[N+](=O)[O-])NCC1Cc2ccccc2O1. The lowest BCUT2D eigenvalue weighted by Crippen LogP contribution is -2.37. The lowest BCUT2D eigenvalue weighted by molar-refractivity contribution is -0.385. The lowest BCUT2D eigenvalue weighted by Gasteiger charge is -2.12. The van der Waals surface area contributed by atoms with Gasteiger partial charge in [0.15, 0.2) is 12.4 Å². The van der Waals surface area contributed by atoms with E-state index >= 15 is 0 Å². The summed E-state index contributed by atoms with van der Waals surface area (Å²) in [6, 6.07) is 11.6. The molecule has 0 bridgehead atoms. The lowest BCUT2D eigenvalue weighted by atomic mass is 10.1. The summed E-state index contributed by atoms with van der Waals surface area (Å²) in [6.07, 6.45) is 0.582. The molecular formula is C17H15ClN2O5. The van der Waals surface area contributed by atoms with E-state index in [4.69, 9.17) is 21.1 Å². The van der Waals surface area contributed by atoms with E-state index in [1.807, 2.05) is 24.3 Å². The number of ether oxygens (including phenoxy) is 2. The Bertz CT molecular complexity index is 786. The van der Waals surface area contributed by atoms with Crippen LogP contribution in [0.1, 0.15) is 5.56 Å². The fourth-order valence-electron chi connectivity index (χ4n) is 2.54. The molecule has 0 aliphatic carbocycles. The molecule has 3 rings (SSSR count). The van der Waals surface area contributed by atoms with E-state index in [1.165, 1.54) is 18.2 Å². The van der Waals surface area contributed by atoms with E-state index < -0.39 is 10.8 Å². The van der Waals surface area contributed by atoms with Crippen LogP contribution in [0.15, 0.2) is 42.5 Å². The maximum absolute atomic E-state index is 11.9. The maximum Gasteiger partial charge on any atom is 0.311 e. The van der Waals surface area contributed by atoms with Crippen molar-refractivity contribution in [3.05, 3.63) is 63.2 Å². The van der Waals surface area contributed by atoms with Gasteiger partial charge in [0.25, 0.3) is 5.91 Å². The Balaban J connectivity index is 1.50. The molecule has 8 heteroatoms. The molecule has 7 nitrogen and oxygen atoms in total. The Kier molecular flexibility index (Phi) is 5.04. The summed E-state index contributed by atoms with van der Waals surface area (Å²) in [4.78, 5) is 22.3. The number of amides is 1. The minimum atomic E-state index is -0.590. The molecular weight excluding hydrogens is 348 g/mol. The normalized spacial score (nSPS) is 15.2. The number of fused-ring (bicyclic) bond motifs is 1. The molecule has 2 aromatic rings. The van der Waals surface area contributed by atoms with Crippen LogP contribution in [0.2, 0.25) is 5.02 Å². The molecule has 0 saturated heterocycles. The highest BCUT2D eigenvalue weighted by molar-refractivity contribution is 6.30. The van der Waals surface area contributed by atoms with Crippen LogP contribution in [0.3, 0.4) is 0 Å². The molecule has 1 atom stereocenters. The number of hydrogen-bond acceptors (Lipinski definition) is 5. The first-order valence-corrected chi connectivity index (χ1v) is 7.98. The molecule has 0 radical (unpaired) electrons. The molecule has 2 aromatic carbocycles. The van der Waals surface area contributed by atoms with Crippen LogP contribution in [-0.2, 0) is 11.2 Å². The molecule has 130 valence electrons. The van der Waals surface area contributed by atoms with Crippen LogP contribution in [0.5, 0.6) is 11.5 Å². The number of rotatable bonds is 6. The van der Waals surface area contributed by atoms with Crippen LogP contribution in [0, 0.1) is 10.1 Å². The van der Waals surface area contributed by atoms with Crippen LogP contribution in [-0.4, -0.2) is 30.1 Å². The van der Waals surface area contributed by atoms with Gasteiger partial charge in [-0.05, 0) is 17.7 Å². The van der Waals surface area contributed by atoms with Crippen LogP contribution in [0.25, 0.3) is 0 Å². The molecule has 25 heavy (non-hydrogen) atoms. The first-order chi connectivity index (χ1) is 12.0. The third-order valence-corrected chi connectivity index (χ3v) is 3.95. The Morgan fingerprint density at radius 2 is 2.16 bits per heavy atom. The summed E-state index contributed by atoms with van der Waals surface area (Å²) >= 11 is 5.81. The zero-order chi connectivity index (χ0) is 17.8. The van der Waals surface area contributed by atoms with Gasteiger partial charge in [-0.3, -0.25) is 14.9 Å². The molecule has 0 spiro atoms. The minimum Gasteiger partial charge on any atom is -0.488 e. The van der Waals surface area contributed by atoms with Crippen molar-refractivity contribution in [3.8, 4) is 11.5 Å². The second-order valence-electron chi connectivity index (χ2n) is 5.51. The zero-order valence-electron chi connectivity index (χ0n) is 13.1. The minimum absolute atomic E-state index is 0.0443. The number of carbonyl (C=O) groups excluding carboxylic acids is 1. The third kappa shape index (κ3) is 4.19. The number of nitrogens with one attached hydrogen (secondary N) is 1. The number of halogens is 1. The Morgan fingerprint density at radius 1 is 1.36 bits per heavy atom. The average molecular weight is 363 g/mol. The van der Waals surface area contributed by atoms with Crippen molar-refractivity contribution in [2.45, 2.75) is 12.5 Å². The summed E-state index contributed by atoms with van der Waals surface area (Å²) in [5.41, 5.74) is 0.860. The highest BCUT2D eigenvalue weighted by Gasteiger charge is 2.23. The van der Waals surface area contributed by atoms with Crippen molar-refractivity contribution < 1.29 is 19.2 Å². The first-order valence-electron chi connectivity index (χ1n) is 7.61. The number of carbonyl (C=O) groups is 1. The Labute approximate surface area is 148 Å². The van der Waals surface area contributed by atoms with Crippen LogP contribution >= 0.6 is 11.6 Å². The zero-order valence-corrected chi connectivity index (χ0v) is 13.9. The van der Waals surface area contributed by atoms with Gasteiger partial charge in [-0.2, -0.15) is 0 Å². The largest absolute Gasteiger partial charge is 0.488 e. The second kappa shape index (κ2) is 7.40. The topological polar surface area (TPSA) is 90.7 Å². The van der Waals surface area contributed by atoms with Crippen LogP contribution in [0.4, 0.5) is 5.69 Å². The van der Waals surface area contributed by atoms with Gasteiger partial charge in [0.05, 0.1) is 11.5 Å². The quantitative estimate of drug-likeness (QED) is 0.630. The predicted molar refractivity (Wildman–Crippen MR) is 91.2 cm³/mol. The molecule has 1 heterocycles. The van der Waals surface area contributed by atoms with E-state index in [9.17, 15) is 14.9 Å². The maximum atomic E-state index is 11.9. The highest BCUT2D eigenvalue weighted by Crippen LogP contribution is 2.30. The fraction of sp³-hybridized carbons (Fsp3) is 0.235. The van der Waals surface area contributed by atoms with Crippen molar-refractivity contribution in [1.29, 1.82) is 0 Å². The van der Waals surface area contributed by atoms with Crippen molar-refractivity contribution >= 4 is 23.2 Å². The van der Waals surface area contributed by atoms with Gasteiger partial charge in [-0.25, -0.2) is 0 Å². The van der Waals surface area contributed by atoms with Crippen molar-refractivity contribution in [2.75, 3.05) is 13.2 Å². The van der Waals surface area contributed by atoms with Gasteiger partial charge < -0.3 is 14.8 Å². The van der Waals surface area contributed by atoms with Gasteiger partial charge in [0.2, 0.25) is 0 Å². The van der Waals surface area contributed by atoms with E-state index in [2.05, 4.69) is 5.32 Å². The molecule has 1 unspecified atom stereocenters. The van der Waals surface area contributed by atoms with Gasteiger partial charge >= 0.3 is 5.69 Å². The monoisotopic (exact) mass is 362 g/mol. The molecule has 1 amide bonds. The highest BCUT2D eigenvalue weighted by atomic mass is 35.5. The van der Waals surface area contributed by atoms with E-state index in [-0.39, 0.29) is 29.2 Å². The summed E-state index contributed by atoms with van der Waals surface area (Å²) in [7, 11) is 0. The molecule has 1 aliphatic heterocycles. The first kappa shape index (κ1) is 17.0. The summed E-state index contributed by atoms with van der Waals surface area (Å²) in [6.45, 7) is -0.0185. The second-order valence-corrected chi connectivity index (χ2v) is 5.95. The van der Waals surface area contributed by atoms with E-state index in [0.29, 0.717) is 6.54 Å². The Hall–Kier alpha value is -2.80. The van der Waals surface area contributed by atoms with Gasteiger partial charge in [0.1, 0.15) is 11.9 Å². The molecule has 0 fully saturated rings. The number of para-hydroxylation sites is 1.